The van der Waals surface area contributed by atoms with Gasteiger partial charge in [-0.25, -0.2) is 0 Å². The molecule has 1 unspecified atom stereocenters. The molecule has 5 heteroatoms. The molecule has 1 aromatic rings. The van der Waals surface area contributed by atoms with E-state index < -0.39 is 5.97 Å². The van der Waals surface area contributed by atoms with Crippen LogP contribution in [0.4, 0.5) is 0 Å². The topological polar surface area (TPSA) is 76.2 Å². The van der Waals surface area contributed by atoms with Gasteiger partial charge in [-0.3, -0.25) is 4.79 Å². The normalized spacial score (nSPS) is 12.7. The third-order valence-electron chi connectivity index (χ3n) is 1.86. The molecule has 78 valence electrons. The highest BCUT2D eigenvalue weighted by molar-refractivity contribution is 5.66. The molecule has 1 N–H and O–H groups in total. The lowest BCUT2D eigenvalue weighted by molar-refractivity contribution is -0.137. The minimum absolute atomic E-state index is 0.0256. The maximum atomic E-state index is 10.4. The number of aryl methyl sites for hydroxylation is 1. The van der Waals surface area contributed by atoms with E-state index in [1.807, 2.05) is 13.8 Å². The Bertz CT molecular complexity index is 309. The molecule has 1 heterocycles. The van der Waals surface area contributed by atoms with Gasteiger partial charge in [0.15, 0.2) is 0 Å². The Morgan fingerprint density at radius 1 is 1.50 bits per heavy atom. The van der Waals surface area contributed by atoms with Crippen LogP contribution >= 0.6 is 0 Å². The summed E-state index contributed by atoms with van der Waals surface area (Å²) < 4.78 is 5.27. The second-order valence-corrected chi connectivity index (χ2v) is 3.35. The first kappa shape index (κ1) is 10.7. The Hall–Kier alpha value is -1.39. The van der Waals surface area contributed by atoms with Crippen molar-refractivity contribution in [1.29, 1.82) is 0 Å². The molecule has 0 aliphatic heterocycles. The Labute approximate surface area is 82.1 Å². The molecule has 0 radical (unpaired) electrons. The SMILES string of the molecule is CCc1nnc(CC(C)CC(=O)O)o1. The van der Waals surface area contributed by atoms with Crippen molar-refractivity contribution in [3.05, 3.63) is 11.8 Å². The van der Waals surface area contributed by atoms with Gasteiger partial charge in [0, 0.05) is 19.3 Å². The molecule has 0 aromatic carbocycles. The third-order valence-corrected chi connectivity index (χ3v) is 1.86. The monoisotopic (exact) mass is 198 g/mol. The molecular weight excluding hydrogens is 184 g/mol. The summed E-state index contributed by atoms with van der Waals surface area (Å²) in [6, 6.07) is 0. The van der Waals surface area contributed by atoms with Crippen LogP contribution in [0.15, 0.2) is 4.42 Å². The van der Waals surface area contributed by atoms with Crippen molar-refractivity contribution in [2.75, 3.05) is 0 Å². The standard InChI is InChI=1S/C9H14N2O3/c1-3-7-10-11-8(14-7)4-6(2)5-9(12)13/h6H,3-5H2,1-2H3,(H,12,13). The van der Waals surface area contributed by atoms with Crippen molar-refractivity contribution in [3.8, 4) is 0 Å². The minimum atomic E-state index is -0.798. The number of rotatable bonds is 5. The zero-order valence-corrected chi connectivity index (χ0v) is 8.36. The van der Waals surface area contributed by atoms with Gasteiger partial charge in [-0.1, -0.05) is 13.8 Å². The van der Waals surface area contributed by atoms with Gasteiger partial charge < -0.3 is 9.52 Å². The number of carboxylic acid groups (broad SMARTS) is 1. The fourth-order valence-electron chi connectivity index (χ4n) is 1.18. The lowest BCUT2D eigenvalue weighted by Gasteiger charge is -2.03. The molecule has 1 aromatic heterocycles. The predicted molar refractivity (Wildman–Crippen MR) is 48.8 cm³/mol. The zero-order valence-electron chi connectivity index (χ0n) is 8.36. The number of carboxylic acids is 1. The van der Waals surface area contributed by atoms with Crippen LogP contribution in [0.1, 0.15) is 32.0 Å². The quantitative estimate of drug-likeness (QED) is 0.771. The average molecular weight is 198 g/mol. The first-order valence-corrected chi connectivity index (χ1v) is 4.64. The molecule has 0 spiro atoms. The Kier molecular flexibility index (Phi) is 3.62. The van der Waals surface area contributed by atoms with E-state index in [-0.39, 0.29) is 12.3 Å². The van der Waals surface area contributed by atoms with E-state index in [1.165, 1.54) is 0 Å². The highest BCUT2D eigenvalue weighted by Crippen LogP contribution is 2.10. The largest absolute Gasteiger partial charge is 0.481 e. The number of carbonyl (C=O) groups is 1. The summed E-state index contributed by atoms with van der Waals surface area (Å²) in [6.45, 7) is 3.78. The fraction of sp³-hybridized carbons (Fsp3) is 0.667. The second-order valence-electron chi connectivity index (χ2n) is 3.35. The smallest absolute Gasteiger partial charge is 0.303 e. The van der Waals surface area contributed by atoms with Crippen molar-refractivity contribution in [3.63, 3.8) is 0 Å². The lowest BCUT2D eigenvalue weighted by Crippen LogP contribution is -2.07. The van der Waals surface area contributed by atoms with E-state index in [0.29, 0.717) is 24.6 Å². The number of hydrogen-bond donors (Lipinski definition) is 1. The molecule has 14 heavy (non-hydrogen) atoms. The summed E-state index contributed by atoms with van der Waals surface area (Å²) in [4.78, 5) is 10.4. The lowest BCUT2D eigenvalue weighted by atomic mass is 10.0. The Balaban J connectivity index is 2.47. The van der Waals surface area contributed by atoms with E-state index in [2.05, 4.69) is 10.2 Å². The second kappa shape index (κ2) is 4.74. The van der Waals surface area contributed by atoms with E-state index in [1.54, 1.807) is 0 Å². The van der Waals surface area contributed by atoms with Gasteiger partial charge in [-0.15, -0.1) is 10.2 Å². The van der Waals surface area contributed by atoms with E-state index in [4.69, 9.17) is 9.52 Å². The van der Waals surface area contributed by atoms with Crippen LogP contribution in [0, 0.1) is 5.92 Å². The highest BCUT2D eigenvalue weighted by Gasteiger charge is 2.12. The van der Waals surface area contributed by atoms with E-state index >= 15 is 0 Å². The van der Waals surface area contributed by atoms with Gasteiger partial charge in [-0.2, -0.15) is 0 Å². The van der Waals surface area contributed by atoms with Gasteiger partial charge >= 0.3 is 5.97 Å². The zero-order chi connectivity index (χ0) is 10.6. The summed E-state index contributed by atoms with van der Waals surface area (Å²) in [6.07, 6.45) is 1.36. The maximum absolute atomic E-state index is 10.4. The summed E-state index contributed by atoms with van der Waals surface area (Å²) in [5.74, 6) is 0.350. The van der Waals surface area contributed by atoms with E-state index in [0.717, 1.165) is 0 Å². The summed E-state index contributed by atoms with van der Waals surface area (Å²) >= 11 is 0. The van der Waals surface area contributed by atoms with Crippen LogP contribution in [0.25, 0.3) is 0 Å². The van der Waals surface area contributed by atoms with Crippen molar-refractivity contribution >= 4 is 5.97 Å². The molecule has 0 amide bonds. The highest BCUT2D eigenvalue weighted by atomic mass is 16.4. The summed E-state index contributed by atoms with van der Waals surface area (Å²) in [5.41, 5.74) is 0. The molecule has 1 atom stereocenters. The van der Waals surface area contributed by atoms with Crippen LogP contribution in [-0.4, -0.2) is 21.3 Å². The molecule has 5 nitrogen and oxygen atoms in total. The summed E-state index contributed by atoms with van der Waals surface area (Å²) in [7, 11) is 0. The van der Waals surface area contributed by atoms with Crippen LogP contribution in [-0.2, 0) is 17.6 Å². The third kappa shape index (κ3) is 3.16. The molecule has 0 aliphatic rings. The van der Waals surface area contributed by atoms with Gasteiger partial charge in [0.1, 0.15) is 0 Å². The molecule has 0 bridgehead atoms. The molecule has 1 rings (SSSR count). The van der Waals surface area contributed by atoms with Crippen LogP contribution in [0.3, 0.4) is 0 Å². The van der Waals surface area contributed by atoms with Gasteiger partial charge in [-0.05, 0) is 5.92 Å². The number of aliphatic carboxylic acids is 1. The molecule has 0 aliphatic carbocycles. The van der Waals surface area contributed by atoms with Crippen molar-refractivity contribution in [2.24, 2.45) is 5.92 Å². The van der Waals surface area contributed by atoms with Crippen LogP contribution < -0.4 is 0 Å². The van der Waals surface area contributed by atoms with Crippen LogP contribution in [0.5, 0.6) is 0 Å². The first-order valence-electron chi connectivity index (χ1n) is 4.64. The number of nitrogens with zero attached hydrogens (tertiary/aromatic N) is 2. The van der Waals surface area contributed by atoms with Crippen molar-refractivity contribution in [2.45, 2.75) is 33.1 Å². The molecular formula is C9H14N2O3. The van der Waals surface area contributed by atoms with E-state index in [9.17, 15) is 4.79 Å². The van der Waals surface area contributed by atoms with Crippen LogP contribution in [0.2, 0.25) is 0 Å². The molecule has 0 saturated carbocycles. The van der Waals surface area contributed by atoms with Crippen molar-refractivity contribution in [1.82, 2.24) is 10.2 Å². The molecule has 0 fully saturated rings. The Morgan fingerprint density at radius 3 is 2.64 bits per heavy atom. The summed E-state index contributed by atoms with van der Waals surface area (Å²) in [5, 5.41) is 16.2. The molecule has 0 saturated heterocycles. The number of hydrogen-bond acceptors (Lipinski definition) is 4. The minimum Gasteiger partial charge on any atom is -0.481 e. The predicted octanol–water partition coefficient (Wildman–Crippen LogP) is 1.29. The number of aromatic nitrogens is 2. The van der Waals surface area contributed by atoms with Gasteiger partial charge in [0.2, 0.25) is 11.8 Å². The van der Waals surface area contributed by atoms with Crippen molar-refractivity contribution < 1.29 is 14.3 Å². The average Bonchev–Trinajstić information content (AvgIpc) is 2.50. The van der Waals surface area contributed by atoms with Gasteiger partial charge in [0.25, 0.3) is 0 Å². The Morgan fingerprint density at radius 2 is 2.14 bits per heavy atom. The first-order chi connectivity index (χ1) is 6.61. The fourth-order valence-corrected chi connectivity index (χ4v) is 1.18. The van der Waals surface area contributed by atoms with Gasteiger partial charge in [0.05, 0.1) is 0 Å². The maximum Gasteiger partial charge on any atom is 0.303 e.